The number of benzene rings is 1. The van der Waals surface area contributed by atoms with Crippen LogP contribution in [0.5, 0.6) is 0 Å². The second-order valence-corrected chi connectivity index (χ2v) is 6.79. The Morgan fingerprint density at radius 2 is 2.20 bits per heavy atom. The minimum absolute atomic E-state index is 0.0195. The summed E-state index contributed by atoms with van der Waals surface area (Å²) < 4.78 is 5.95. The molecule has 1 aliphatic heterocycles. The third-order valence-corrected chi connectivity index (χ3v) is 4.69. The van der Waals surface area contributed by atoms with Gasteiger partial charge in [0.1, 0.15) is 16.7 Å². The van der Waals surface area contributed by atoms with Crippen LogP contribution in [0, 0.1) is 5.92 Å². The molecule has 2 aromatic rings. The highest BCUT2D eigenvalue weighted by molar-refractivity contribution is 7.99. The lowest BCUT2D eigenvalue weighted by atomic mass is 10.2. The van der Waals surface area contributed by atoms with Gasteiger partial charge in [-0.05, 0) is 18.1 Å². The van der Waals surface area contributed by atoms with Gasteiger partial charge in [0.05, 0.1) is 0 Å². The predicted octanol–water partition coefficient (Wildman–Crippen LogP) is 4.05. The van der Waals surface area contributed by atoms with Crippen molar-refractivity contribution in [1.82, 2.24) is 4.90 Å². The molecule has 1 aromatic carbocycles. The molecular formula is C16H19NO2S. The van der Waals surface area contributed by atoms with E-state index in [-0.39, 0.29) is 11.3 Å². The number of carbonyl (C=O) groups is 1. The first kappa shape index (κ1) is 13.6. The van der Waals surface area contributed by atoms with E-state index in [1.54, 1.807) is 11.8 Å². The van der Waals surface area contributed by atoms with Crippen LogP contribution in [0.25, 0.3) is 11.0 Å². The van der Waals surface area contributed by atoms with Crippen LogP contribution in [-0.4, -0.2) is 23.1 Å². The first-order valence-corrected chi connectivity index (χ1v) is 8.09. The molecule has 1 unspecified atom stereocenters. The summed E-state index contributed by atoms with van der Waals surface area (Å²) in [5.41, 5.74) is 0.894. The monoisotopic (exact) mass is 289 g/mol. The van der Waals surface area contributed by atoms with Gasteiger partial charge >= 0.3 is 0 Å². The van der Waals surface area contributed by atoms with Crippen molar-refractivity contribution in [2.75, 3.05) is 12.3 Å². The van der Waals surface area contributed by atoms with Crippen LogP contribution in [0.15, 0.2) is 34.7 Å². The standard InChI is InChI=1S/C16H19NO2S/c1-11(2)10-17-15(18)7-8-20-16(17)14-9-12-5-3-4-6-13(12)19-14/h3-6,9,11,16H,7-8,10H2,1-2H3. The Morgan fingerprint density at radius 3 is 2.95 bits per heavy atom. The maximum atomic E-state index is 12.2. The van der Waals surface area contributed by atoms with Gasteiger partial charge in [-0.2, -0.15) is 0 Å². The third-order valence-electron chi connectivity index (χ3n) is 3.44. The number of carbonyl (C=O) groups excluding carboxylic acids is 1. The number of furan rings is 1. The minimum Gasteiger partial charge on any atom is -0.458 e. The van der Waals surface area contributed by atoms with Gasteiger partial charge in [0.25, 0.3) is 0 Å². The molecule has 1 amide bonds. The summed E-state index contributed by atoms with van der Waals surface area (Å²) >= 11 is 1.80. The van der Waals surface area contributed by atoms with Crippen LogP contribution in [-0.2, 0) is 4.79 Å². The van der Waals surface area contributed by atoms with Crippen LogP contribution in [0.2, 0.25) is 0 Å². The van der Waals surface area contributed by atoms with Crippen LogP contribution >= 0.6 is 11.8 Å². The van der Waals surface area contributed by atoms with Crippen molar-refractivity contribution in [3.8, 4) is 0 Å². The third kappa shape index (κ3) is 2.57. The van der Waals surface area contributed by atoms with Crippen molar-refractivity contribution < 1.29 is 9.21 Å². The minimum atomic E-state index is 0.0195. The molecule has 106 valence electrons. The van der Waals surface area contributed by atoms with Crippen LogP contribution < -0.4 is 0 Å². The maximum absolute atomic E-state index is 12.2. The second-order valence-electron chi connectivity index (χ2n) is 5.60. The van der Waals surface area contributed by atoms with Gasteiger partial charge in [0, 0.05) is 24.1 Å². The normalized spacial score (nSPS) is 20.1. The number of thioether (sulfide) groups is 1. The Kier molecular flexibility index (Phi) is 3.74. The lowest BCUT2D eigenvalue weighted by Gasteiger charge is -2.35. The number of hydrogen-bond donors (Lipinski definition) is 0. The Hall–Kier alpha value is -1.42. The molecule has 1 atom stereocenters. The Balaban J connectivity index is 1.94. The molecule has 2 heterocycles. The van der Waals surface area contributed by atoms with Crippen molar-refractivity contribution in [1.29, 1.82) is 0 Å². The van der Waals surface area contributed by atoms with E-state index >= 15 is 0 Å². The average molecular weight is 289 g/mol. The molecule has 3 rings (SSSR count). The number of hydrogen-bond acceptors (Lipinski definition) is 3. The number of nitrogens with zero attached hydrogens (tertiary/aromatic N) is 1. The molecule has 20 heavy (non-hydrogen) atoms. The number of fused-ring (bicyclic) bond motifs is 1. The number of rotatable bonds is 3. The van der Waals surface area contributed by atoms with Gasteiger partial charge in [-0.15, -0.1) is 11.8 Å². The van der Waals surface area contributed by atoms with E-state index in [9.17, 15) is 4.79 Å². The zero-order chi connectivity index (χ0) is 14.1. The molecule has 3 nitrogen and oxygen atoms in total. The molecule has 0 N–H and O–H groups in total. The van der Waals surface area contributed by atoms with Crippen molar-refractivity contribution in [2.24, 2.45) is 5.92 Å². The smallest absolute Gasteiger partial charge is 0.224 e. The lowest BCUT2D eigenvalue weighted by molar-refractivity contribution is -0.132. The number of amides is 1. The first-order chi connectivity index (χ1) is 9.65. The van der Waals surface area contributed by atoms with Crippen molar-refractivity contribution in [2.45, 2.75) is 25.6 Å². The molecule has 0 spiro atoms. The Labute approximate surface area is 123 Å². The Bertz CT molecular complexity index is 587. The van der Waals surface area contributed by atoms with E-state index in [1.807, 2.05) is 29.2 Å². The van der Waals surface area contributed by atoms with E-state index in [0.717, 1.165) is 29.0 Å². The van der Waals surface area contributed by atoms with E-state index in [0.29, 0.717) is 12.3 Å². The van der Waals surface area contributed by atoms with Gasteiger partial charge in [-0.3, -0.25) is 4.79 Å². The zero-order valence-corrected chi connectivity index (χ0v) is 12.7. The molecule has 1 saturated heterocycles. The molecule has 0 saturated carbocycles. The Morgan fingerprint density at radius 1 is 1.40 bits per heavy atom. The molecule has 4 heteroatoms. The summed E-state index contributed by atoms with van der Waals surface area (Å²) in [6, 6.07) is 10.1. The SMILES string of the molecule is CC(C)CN1C(=O)CCSC1c1cc2ccccc2o1. The highest BCUT2D eigenvalue weighted by atomic mass is 32.2. The van der Waals surface area contributed by atoms with Gasteiger partial charge in [0.15, 0.2) is 0 Å². The van der Waals surface area contributed by atoms with Crippen molar-refractivity contribution in [3.05, 3.63) is 36.1 Å². The summed E-state index contributed by atoms with van der Waals surface area (Å²) in [4.78, 5) is 14.2. The van der Waals surface area contributed by atoms with Gasteiger partial charge in [-0.25, -0.2) is 0 Å². The quantitative estimate of drug-likeness (QED) is 0.854. The lowest BCUT2D eigenvalue weighted by Crippen LogP contribution is -2.39. The largest absolute Gasteiger partial charge is 0.458 e. The molecule has 0 radical (unpaired) electrons. The van der Waals surface area contributed by atoms with Crippen LogP contribution in [0.4, 0.5) is 0 Å². The average Bonchev–Trinajstić information content (AvgIpc) is 2.84. The van der Waals surface area contributed by atoms with E-state index in [2.05, 4.69) is 19.9 Å². The van der Waals surface area contributed by atoms with Crippen molar-refractivity contribution >= 4 is 28.6 Å². The highest BCUT2D eigenvalue weighted by Crippen LogP contribution is 2.39. The predicted molar refractivity (Wildman–Crippen MR) is 82.6 cm³/mol. The second kappa shape index (κ2) is 5.52. The summed E-state index contributed by atoms with van der Waals surface area (Å²) in [6.07, 6.45) is 0.633. The summed E-state index contributed by atoms with van der Waals surface area (Å²) in [6.45, 7) is 5.07. The fourth-order valence-electron chi connectivity index (χ4n) is 2.57. The summed E-state index contributed by atoms with van der Waals surface area (Å²) in [7, 11) is 0. The molecular weight excluding hydrogens is 270 g/mol. The van der Waals surface area contributed by atoms with E-state index in [4.69, 9.17) is 4.42 Å². The van der Waals surface area contributed by atoms with Gasteiger partial charge < -0.3 is 9.32 Å². The zero-order valence-electron chi connectivity index (χ0n) is 11.8. The molecule has 0 aliphatic carbocycles. The molecule has 1 aromatic heterocycles. The fraction of sp³-hybridized carbons (Fsp3) is 0.438. The summed E-state index contributed by atoms with van der Waals surface area (Å²) in [5, 5.41) is 1.12. The summed E-state index contributed by atoms with van der Waals surface area (Å²) in [5.74, 6) is 2.46. The fourth-order valence-corrected chi connectivity index (χ4v) is 3.75. The topological polar surface area (TPSA) is 33.5 Å². The first-order valence-electron chi connectivity index (χ1n) is 7.04. The van der Waals surface area contributed by atoms with Crippen molar-refractivity contribution in [3.63, 3.8) is 0 Å². The van der Waals surface area contributed by atoms with E-state index < -0.39 is 0 Å². The van der Waals surface area contributed by atoms with Crippen LogP contribution in [0.3, 0.4) is 0 Å². The van der Waals surface area contributed by atoms with Gasteiger partial charge in [0.2, 0.25) is 5.91 Å². The number of para-hydroxylation sites is 1. The van der Waals surface area contributed by atoms with Gasteiger partial charge in [-0.1, -0.05) is 32.0 Å². The van der Waals surface area contributed by atoms with E-state index in [1.165, 1.54) is 0 Å². The molecule has 1 aliphatic rings. The molecule has 0 bridgehead atoms. The van der Waals surface area contributed by atoms with Crippen LogP contribution in [0.1, 0.15) is 31.4 Å². The highest BCUT2D eigenvalue weighted by Gasteiger charge is 2.32. The molecule has 1 fully saturated rings. The maximum Gasteiger partial charge on any atom is 0.224 e.